The first-order chi connectivity index (χ1) is 4.77. The van der Waals surface area contributed by atoms with Crippen molar-refractivity contribution in [1.82, 2.24) is 0 Å². The van der Waals surface area contributed by atoms with Crippen LogP contribution < -0.4 is 0 Å². The van der Waals surface area contributed by atoms with Crippen molar-refractivity contribution >= 4 is 5.97 Å². The van der Waals surface area contributed by atoms with Gasteiger partial charge in [-0.3, -0.25) is 0 Å². The summed E-state index contributed by atoms with van der Waals surface area (Å²) in [5.41, 5.74) is 0. The Bertz CT molecular complexity index is 173. The van der Waals surface area contributed by atoms with Crippen molar-refractivity contribution in [3.8, 4) is 0 Å². The second-order valence-electron chi connectivity index (χ2n) is 1.86. The SMILES string of the molecule is COC1=CC(=O)O[C@@H]1CO. The van der Waals surface area contributed by atoms with Crippen molar-refractivity contribution in [3.63, 3.8) is 0 Å². The maximum Gasteiger partial charge on any atom is 0.335 e. The van der Waals surface area contributed by atoms with E-state index in [0.29, 0.717) is 5.76 Å². The first kappa shape index (κ1) is 7.08. The zero-order valence-electron chi connectivity index (χ0n) is 5.53. The number of hydrogen-bond donors (Lipinski definition) is 1. The standard InChI is InChI=1S/C6H8O4/c1-9-4-2-6(8)10-5(4)3-7/h2,5,7H,3H2,1H3/t5-/m1/s1. The summed E-state index contributed by atoms with van der Waals surface area (Å²) in [6.45, 7) is -0.231. The van der Waals surface area contributed by atoms with Gasteiger partial charge in [0.05, 0.1) is 19.8 Å². The molecule has 0 aromatic carbocycles. The third-order valence-electron chi connectivity index (χ3n) is 1.24. The van der Waals surface area contributed by atoms with Crippen molar-refractivity contribution in [2.24, 2.45) is 0 Å². The number of rotatable bonds is 2. The monoisotopic (exact) mass is 144 g/mol. The Hall–Kier alpha value is -1.03. The number of aliphatic hydroxyl groups excluding tert-OH is 1. The molecule has 1 rings (SSSR count). The summed E-state index contributed by atoms with van der Waals surface area (Å²) in [6, 6.07) is 0. The zero-order valence-corrected chi connectivity index (χ0v) is 5.53. The van der Waals surface area contributed by atoms with Gasteiger partial charge in [-0.2, -0.15) is 0 Å². The van der Waals surface area contributed by atoms with Crippen molar-refractivity contribution in [2.75, 3.05) is 13.7 Å². The van der Waals surface area contributed by atoms with Gasteiger partial charge in [-0.15, -0.1) is 0 Å². The van der Waals surface area contributed by atoms with Crippen LogP contribution in [0.5, 0.6) is 0 Å². The zero-order chi connectivity index (χ0) is 7.56. The number of ether oxygens (including phenoxy) is 2. The lowest BCUT2D eigenvalue weighted by molar-refractivity contribution is -0.140. The van der Waals surface area contributed by atoms with Gasteiger partial charge < -0.3 is 14.6 Å². The summed E-state index contributed by atoms with van der Waals surface area (Å²) >= 11 is 0. The van der Waals surface area contributed by atoms with E-state index in [-0.39, 0.29) is 6.61 Å². The third kappa shape index (κ3) is 1.11. The number of methoxy groups -OCH3 is 1. The molecule has 10 heavy (non-hydrogen) atoms. The van der Waals surface area contributed by atoms with Crippen LogP contribution in [0.25, 0.3) is 0 Å². The number of carbonyl (C=O) groups excluding carboxylic acids is 1. The Labute approximate surface area is 58.1 Å². The molecule has 0 aliphatic carbocycles. The molecule has 0 bridgehead atoms. The Kier molecular flexibility index (Phi) is 1.91. The van der Waals surface area contributed by atoms with Crippen LogP contribution in [0.4, 0.5) is 0 Å². The average Bonchev–Trinajstić information content (AvgIpc) is 2.30. The average molecular weight is 144 g/mol. The summed E-state index contributed by atoms with van der Waals surface area (Å²) in [5.74, 6) is -0.0802. The molecule has 1 aliphatic rings. The van der Waals surface area contributed by atoms with Gasteiger partial charge in [0.15, 0.2) is 6.10 Å². The van der Waals surface area contributed by atoms with E-state index < -0.39 is 12.1 Å². The van der Waals surface area contributed by atoms with E-state index in [2.05, 4.69) is 4.74 Å². The molecule has 1 heterocycles. The van der Waals surface area contributed by atoms with Crippen LogP contribution in [0.3, 0.4) is 0 Å². The number of aliphatic hydroxyl groups is 1. The molecular weight excluding hydrogens is 136 g/mol. The first-order valence-electron chi connectivity index (χ1n) is 2.85. The maximum absolute atomic E-state index is 10.5. The molecular formula is C6H8O4. The molecule has 56 valence electrons. The highest BCUT2D eigenvalue weighted by atomic mass is 16.6. The van der Waals surface area contributed by atoms with Crippen molar-refractivity contribution in [2.45, 2.75) is 6.10 Å². The van der Waals surface area contributed by atoms with Gasteiger partial charge in [0, 0.05) is 0 Å². The van der Waals surface area contributed by atoms with E-state index in [1.165, 1.54) is 13.2 Å². The molecule has 0 radical (unpaired) electrons. The summed E-state index contributed by atoms with van der Waals surface area (Å²) in [6.07, 6.45) is 0.624. The molecule has 0 fully saturated rings. The fourth-order valence-corrected chi connectivity index (χ4v) is 0.759. The molecule has 1 atom stereocenters. The van der Waals surface area contributed by atoms with Crippen LogP contribution in [-0.4, -0.2) is 30.9 Å². The van der Waals surface area contributed by atoms with Crippen LogP contribution in [0, 0.1) is 0 Å². The predicted octanol–water partition coefficient (Wildman–Crippen LogP) is -0.566. The van der Waals surface area contributed by atoms with E-state index in [1.807, 2.05) is 0 Å². The van der Waals surface area contributed by atoms with E-state index >= 15 is 0 Å². The highest BCUT2D eigenvalue weighted by Crippen LogP contribution is 2.14. The second-order valence-corrected chi connectivity index (χ2v) is 1.86. The highest BCUT2D eigenvalue weighted by molar-refractivity contribution is 5.85. The van der Waals surface area contributed by atoms with E-state index in [4.69, 9.17) is 9.84 Å². The fraction of sp³-hybridized carbons (Fsp3) is 0.500. The van der Waals surface area contributed by atoms with Crippen LogP contribution in [0.15, 0.2) is 11.8 Å². The topological polar surface area (TPSA) is 55.8 Å². The van der Waals surface area contributed by atoms with Gasteiger partial charge in [0.25, 0.3) is 0 Å². The lowest BCUT2D eigenvalue weighted by Crippen LogP contribution is -2.17. The molecule has 0 aromatic rings. The normalized spacial score (nSPS) is 24.0. The van der Waals surface area contributed by atoms with E-state index in [0.717, 1.165) is 0 Å². The molecule has 1 N–H and O–H groups in total. The van der Waals surface area contributed by atoms with Gasteiger partial charge in [0.1, 0.15) is 5.76 Å². The third-order valence-corrected chi connectivity index (χ3v) is 1.24. The van der Waals surface area contributed by atoms with Crippen LogP contribution in [0.2, 0.25) is 0 Å². The summed E-state index contributed by atoms with van der Waals surface area (Å²) < 4.78 is 9.35. The molecule has 0 unspecified atom stereocenters. The summed E-state index contributed by atoms with van der Waals surface area (Å²) in [7, 11) is 1.43. The minimum absolute atomic E-state index is 0.231. The number of carbonyl (C=O) groups is 1. The number of esters is 1. The van der Waals surface area contributed by atoms with Crippen molar-refractivity contribution in [3.05, 3.63) is 11.8 Å². The molecule has 4 heteroatoms. The second kappa shape index (κ2) is 2.70. The summed E-state index contributed by atoms with van der Waals surface area (Å²) in [4.78, 5) is 10.5. The van der Waals surface area contributed by atoms with Crippen LogP contribution >= 0.6 is 0 Å². The molecule has 0 saturated heterocycles. The fourth-order valence-electron chi connectivity index (χ4n) is 0.759. The van der Waals surface area contributed by atoms with Crippen LogP contribution in [0.1, 0.15) is 0 Å². The quantitative estimate of drug-likeness (QED) is 0.527. The highest BCUT2D eigenvalue weighted by Gasteiger charge is 2.25. The maximum atomic E-state index is 10.5. The van der Waals surface area contributed by atoms with Gasteiger partial charge >= 0.3 is 5.97 Å². The Morgan fingerprint density at radius 2 is 2.60 bits per heavy atom. The van der Waals surface area contributed by atoms with Crippen molar-refractivity contribution < 1.29 is 19.4 Å². The molecule has 1 aliphatic heterocycles. The minimum atomic E-state index is -0.600. The van der Waals surface area contributed by atoms with Gasteiger partial charge in [-0.1, -0.05) is 0 Å². The van der Waals surface area contributed by atoms with Crippen LogP contribution in [-0.2, 0) is 14.3 Å². The van der Waals surface area contributed by atoms with E-state index in [1.54, 1.807) is 0 Å². The Balaban J connectivity index is 2.65. The van der Waals surface area contributed by atoms with Gasteiger partial charge in [-0.25, -0.2) is 4.79 Å². The molecule has 0 amide bonds. The Morgan fingerprint density at radius 1 is 1.90 bits per heavy atom. The largest absolute Gasteiger partial charge is 0.497 e. The minimum Gasteiger partial charge on any atom is -0.497 e. The first-order valence-corrected chi connectivity index (χ1v) is 2.85. The molecule has 0 saturated carbocycles. The summed E-state index contributed by atoms with van der Waals surface area (Å²) in [5, 5.41) is 8.59. The molecule has 0 aromatic heterocycles. The predicted molar refractivity (Wildman–Crippen MR) is 32.1 cm³/mol. The Morgan fingerprint density at radius 3 is 3.00 bits per heavy atom. The van der Waals surface area contributed by atoms with Gasteiger partial charge in [-0.05, 0) is 0 Å². The smallest absolute Gasteiger partial charge is 0.335 e. The van der Waals surface area contributed by atoms with Crippen molar-refractivity contribution in [1.29, 1.82) is 0 Å². The molecule has 4 nitrogen and oxygen atoms in total. The lowest BCUT2D eigenvalue weighted by atomic mass is 10.3. The van der Waals surface area contributed by atoms with E-state index in [9.17, 15) is 4.79 Å². The molecule has 0 spiro atoms. The lowest BCUT2D eigenvalue weighted by Gasteiger charge is -2.08. The number of cyclic esters (lactones) is 1. The number of hydrogen-bond acceptors (Lipinski definition) is 4. The van der Waals surface area contributed by atoms with Gasteiger partial charge in [0.2, 0.25) is 0 Å².